The highest BCUT2D eigenvalue weighted by Gasteiger charge is 2.29. The van der Waals surface area contributed by atoms with Crippen LogP contribution in [-0.4, -0.2) is 24.2 Å². The number of hydrogen-bond acceptors (Lipinski definition) is 1. The number of ether oxygens (including phenoxy) is 1. The van der Waals surface area contributed by atoms with Gasteiger partial charge < -0.3 is 9.84 Å². The highest BCUT2D eigenvalue weighted by atomic mass is 16.5. The number of aliphatic hydroxyl groups is 1. The summed E-state index contributed by atoms with van der Waals surface area (Å²) in [7, 11) is 0. The lowest BCUT2D eigenvalue weighted by Gasteiger charge is -2.12. The second-order valence-corrected chi connectivity index (χ2v) is 5.46. The van der Waals surface area contributed by atoms with Crippen LogP contribution in [0, 0.1) is 0 Å². The molecule has 0 aromatic heterocycles. The Hall–Kier alpha value is -1.51. The number of fused-ring (bicyclic) bond motifs is 3. The third kappa shape index (κ3) is 2.34. The van der Waals surface area contributed by atoms with Gasteiger partial charge in [-0.3, -0.25) is 0 Å². The van der Waals surface area contributed by atoms with Gasteiger partial charge >= 0.3 is 5.90 Å². The molecular weight excluding hydrogens is 238 g/mol. The van der Waals surface area contributed by atoms with Crippen LogP contribution < -0.4 is 9.73 Å². The molecule has 1 atom stereocenters. The lowest BCUT2D eigenvalue weighted by molar-refractivity contribution is -0.468. The summed E-state index contributed by atoms with van der Waals surface area (Å²) in [6.07, 6.45) is 5.27. The van der Waals surface area contributed by atoms with Crippen molar-refractivity contribution >= 4 is 5.90 Å². The lowest BCUT2D eigenvalue weighted by Crippen LogP contribution is -2.73. The van der Waals surface area contributed by atoms with E-state index in [4.69, 9.17) is 4.74 Å². The molecule has 1 aliphatic heterocycles. The van der Waals surface area contributed by atoms with Gasteiger partial charge in [0.1, 0.15) is 12.3 Å². The minimum Gasteiger partial charge on any atom is -0.493 e. The normalized spacial score (nSPS) is 21.1. The summed E-state index contributed by atoms with van der Waals surface area (Å²) in [6.45, 7) is 3.65. The number of rotatable bonds is 4. The predicted octanol–water partition coefficient (Wildman–Crippen LogP) is 1.49. The average Bonchev–Trinajstić information content (AvgIpc) is 3.03. The molecule has 1 aliphatic carbocycles. The molecule has 3 nitrogen and oxygen atoms in total. The molecule has 0 saturated carbocycles. The summed E-state index contributed by atoms with van der Waals surface area (Å²) in [6, 6.07) is 4.38. The van der Waals surface area contributed by atoms with E-state index in [0.29, 0.717) is 18.2 Å². The van der Waals surface area contributed by atoms with Gasteiger partial charge in [-0.2, -0.15) is 0 Å². The number of hydrogen-bond donors (Lipinski definition) is 2. The van der Waals surface area contributed by atoms with Crippen LogP contribution >= 0.6 is 0 Å². The summed E-state index contributed by atoms with van der Waals surface area (Å²) >= 11 is 0. The van der Waals surface area contributed by atoms with E-state index in [-0.39, 0.29) is 0 Å². The topological polar surface area (TPSA) is 43.4 Å². The third-order valence-electron chi connectivity index (χ3n) is 4.34. The fourth-order valence-corrected chi connectivity index (χ4v) is 3.35. The van der Waals surface area contributed by atoms with Crippen molar-refractivity contribution in [3.63, 3.8) is 0 Å². The molecule has 19 heavy (non-hydrogen) atoms. The van der Waals surface area contributed by atoms with Crippen molar-refractivity contribution in [1.82, 2.24) is 0 Å². The van der Waals surface area contributed by atoms with Gasteiger partial charge in [-0.05, 0) is 36.0 Å². The second kappa shape index (κ2) is 5.24. The van der Waals surface area contributed by atoms with E-state index in [1.807, 2.05) is 6.92 Å². The smallest absolute Gasteiger partial charge is 0.331 e. The molecule has 3 heteroatoms. The maximum atomic E-state index is 9.47. The molecule has 0 radical (unpaired) electrons. The molecule has 0 amide bonds. The summed E-state index contributed by atoms with van der Waals surface area (Å²) < 4.78 is 5.67. The highest BCUT2D eigenvalue weighted by molar-refractivity contribution is 5.66. The van der Waals surface area contributed by atoms with E-state index in [0.717, 1.165) is 31.7 Å². The summed E-state index contributed by atoms with van der Waals surface area (Å²) in [5.41, 5.74) is 4.51. The molecule has 102 valence electrons. The molecule has 0 saturated heterocycles. The van der Waals surface area contributed by atoms with E-state index in [2.05, 4.69) is 17.1 Å². The first-order valence-corrected chi connectivity index (χ1v) is 7.35. The molecule has 0 fully saturated rings. The molecular formula is C16H22NO2+. The minimum absolute atomic E-state index is 0.403. The first kappa shape index (κ1) is 12.5. The first-order valence-electron chi connectivity index (χ1n) is 7.35. The van der Waals surface area contributed by atoms with Crippen LogP contribution in [0.1, 0.15) is 48.8 Å². The summed E-state index contributed by atoms with van der Waals surface area (Å²) in [4.78, 5) is 3.10. The number of aryl methyl sites for hydroxylation is 1. The van der Waals surface area contributed by atoms with Crippen LogP contribution in [0.25, 0.3) is 0 Å². The van der Waals surface area contributed by atoms with Crippen molar-refractivity contribution in [3.8, 4) is 5.75 Å². The van der Waals surface area contributed by atoms with Gasteiger partial charge in [0.2, 0.25) is 0 Å². The lowest BCUT2D eigenvalue weighted by atomic mass is 9.92. The monoisotopic (exact) mass is 260 g/mol. The van der Waals surface area contributed by atoms with Crippen molar-refractivity contribution in [3.05, 3.63) is 28.8 Å². The predicted molar refractivity (Wildman–Crippen MR) is 75.1 cm³/mol. The molecule has 0 bridgehead atoms. The largest absolute Gasteiger partial charge is 0.493 e. The van der Waals surface area contributed by atoms with Crippen LogP contribution in [0.3, 0.4) is 0 Å². The van der Waals surface area contributed by atoms with E-state index < -0.39 is 0 Å². The Kier molecular flexibility index (Phi) is 3.45. The van der Waals surface area contributed by atoms with Gasteiger partial charge in [0.25, 0.3) is 0 Å². The van der Waals surface area contributed by atoms with Crippen molar-refractivity contribution < 1.29 is 14.8 Å². The second-order valence-electron chi connectivity index (χ2n) is 5.46. The molecule has 0 unspecified atom stereocenters. The van der Waals surface area contributed by atoms with Gasteiger partial charge in [-0.15, -0.1) is 0 Å². The Morgan fingerprint density at radius 1 is 1.42 bits per heavy atom. The maximum Gasteiger partial charge on any atom is 0.331 e. The van der Waals surface area contributed by atoms with Crippen LogP contribution in [0.15, 0.2) is 12.1 Å². The van der Waals surface area contributed by atoms with Gasteiger partial charge in [0.05, 0.1) is 13.0 Å². The fraction of sp³-hybridized carbons (Fsp3) is 0.562. The zero-order chi connectivity index (χ0) is 13.2. The zero-order valence-electron chi connectivity index (χ0n) is 11.5. The molecule has 1 aromatic rings. The van der Waals surface area contributed by atoms with Gasteiger partial charge in [-0.25, -0.2) is 4.99 Å². The zero-order valence-corrected chi connectivity index (χ0v) is 11.5. The van der Waals surface area contributed by atoms with Gasteiger partial charge in [0, 0.05) is 18.4 Å². The Morgan fingerprint density at radius 2 is 2.32 bits per heavy atom. The van der Waals surface area contributed by atoms with E-state index in [1.54, 1.807) is 5.56 Å². The highest BCUT2D eigenvalue weighted by Crippen LogP contribution is 2.42. The Morgan fingerprint density at radius 3 is 3.16 bits per heavy atom. The molecule has 1 heterocycles. The van der Waals surface area contributed by atoms with Crippen LogP contribution in [0.4, 0.5) is 0 Å². The fourth-order valence-electron chi connectivity index (χ4n) is 3.35. The molecule has 3 rings (SSSR count). The van der Waals surface area contributed by atoms with E-state index in [9.17, 15) is 5.11 Å². The van der Waals surface area contributed by atoms with Crippen molar-refractivity contribution in [2.75, 3.05) is 13.2 Å². The van der Waals surface area contributed by atoms with Crippen molar-refractivity contribution in [2.45, 2.75) is 44.9 Å². The first-order chi connectivity index (χ1) is 9.29. The Labute approximate surface area is 114 Å². The number of benzene rings is 1. The molecule has 2 N–H and O–H groups in total. The quantitative estimate of drug-likeness (QED) is 0.636. The third-order valence-corrected chi connectivity index (χ3v) is 4.34. The van der Waals surface area contributed by atoms with Gasteiger partial charge in [0.15, 0.2) is 0 Å². The minimum atomic E-state index is 0.403. The Balaban J connectivity index is 1.76. The van der Waals surface area contributed by atoms with Crippen molar-refractivity contribution in [2.24, 2.45) is 0 Å². The number of nitrogens with one attached hydrogen (secondary N) is 1. The molecule has 2 aliphatic rings. The maximum absolute atomic E-state index is 9.47. The van der Waals surface area contributed by atoms with E-state index in [1.165, 1.54) is 24.0 Å². The Bertz CT molecular complexity index is 508. The summed E-state index contributed by atoms with van der Waals surface area (Å²) in [5, 5.41) is 9.47. The van der Waals surface area contributed by atoms with E-state index >= 15 is 0 Å². The average molecular weight is 260 g/mol. The van der Waals surface area contributed by atoms with Crippen LogP contribution in [-0.2, 0) is 12.8 Å². The summed E-state index contributed by atoms with van der Waals surface area (Å²) in [5.74, 6) is 2.13. The standard InChI is InChI=1S/C16H21NO2/c1-2-15(18)17-9-7-12-4-3-11-5-6-14-13(16(11)12)8-10-19-14/h5-6,12H,2-4,7-10H2,1H3,(H,17,18)/p+1/t12-/m0/s1. The molecule has 1 aromatic carbocycles. The molecule has 0 spiro atoms. The van der Waals surface area contributed by atoms with Gasteiger partial charge in [-0.1, -0.05) is 13.0 Å². The van der Waals surface area contributed by atoms with Crippen LogP contribution in [0.5, 0.6) is 5.75 Å². The van der Waals surface area contributed by atoms with Crippen molar-refractivity contribution in [1.29, 1.82) is 0 Å². The van der Waals surface area contributed by atoms with Crippen LogP contribution in [0.2, 0.25) is 0 Å². The SMILES string of the molecule is CCC(O)=[NH+]CC[C@@H]1CCc2ccc3c(c21)CCO3. The number of aliphatic hydroxyl groups excluding tert-OH is 1.